The van der Waals surface area contributed by atoms with Gasteiger partial charge in [0.1, 0.15) is 6.07 Å². The number of anilines is 1. The van der Waals surface area contributed by atoms with Crippen LogP contribution in [0.2, 0.25) is 15.1 Å². The lowest BCUT2D eigenvalue weighted by Gasteiger charge is -2.06. The van der Waals surface area contributed by atoms with Gasteiger partial charge >= 0.3 is 0 Å². The van der Waals surface area contributed by atoms with Crippen molar-refractivity contribution in [1.29, 1.82) is 5.26 Å². The number of aromatic nitrogens is 2. The zero-order valence-corrected chi connectivity index (χ0v) is 18.5. The predicted molar refractivity (Wildman–Crippen MR) is 118 cm³/mol. The lowest BCUT2D eigenvalue weighted by Crippen LogP contribution is -2.15. The first kappa shape index (κ1) is 21.1. The molecule has 5 nitrogen and oxygen atoms in total. The van der Waals surface area contributed by atoms with Crippen LogP contribution in [0.25, 0.3) is 5.69 Å². The van der Waals surface area contributed by atoms with E-state index >= 15 is 0 Å². The molecule has 0 atom stereocenters. The third-order valence-electron chi connectivity index (χ3n) is 3.38. The number of nitrogens with one attached hydrogen (secondary N) is 1. The summed E-state index contributed by atoms with van der Waals surface area (Å²) >= 11 is 25.8. The van der Waals surface area contributed by atoms with Crippen LogP contribution in [0.4, 0.5) is 5.69 Å². The SMILES string of the molecule is N#Cc1ccc(Cl)cc1NC(=O)CSc1nn(-c2ccc(Cl)c(Cl)c2)c(=S)s1. The lowest BCUT2D eigenvalue weighted by molar-refractivity contribution is -0.113. The van der Waals surface area contributed by atoms with E-state index in [-0.39, 0.29) is 11.7 Å². The fourth-order valence-electron chi connectivity index (χ4n) is 2.13. The van der Waals surface area contributed by atoms with Crippen molar-refractivity contribution >= 4 is 81.7 Å². The van der Waals surface area contributed by atoms with Crippen LogP contribution in [0.5, 0.6) is 0 Å². The molecule has 11 heteroatoms. The van der Waals surface area contributed by atoms with Crippen LogP contribution >= 0.6 is 70.1 Å². The molecule has 0 fully saturated rings. The van der Waals surface area contributed by atoms with E-state index in [2.05, 4.69) is 10.4 Å². The average molecular weight is 488 g/mol. The van der Waals surface area contributed by atoms with E-state index in [9.17, 15) is 4.79 Å². The van der Waals surface area contributed by atoms with Crippen molar-refractivity contribution in [3.05, 3.63) is 61.0 Å². The number of carbonyl (C=O) groups excluding carboxylic acids is 1. The van der Waals surface area contributed by atoms with Gasteiger partial charge in [-0.1, -0.05) is 57.9 Å². The summed E-state index contributed by atoms with van der Waals surface area (Å²) in [5.74, 6) is -0.188. The Bertz CT molecular complexity index is 1150. The number of amides is 1. The van der Waals surface area contributed by atoms with Gasteiger partial charge in [0, 0.05) is 5.02 Å². The molecule has 3 rings (SSSR count). The molecule has 1 heterocycles. The molecule has 3 aromatic rings. The van der Waals surface area contributed by atoms with Crippen molar-refractivity contribution in [1.82, 2.24) is 9.78 Å². The van der Waals surface area contributed by atoms with Gasteiger partial charge in [0.15, 0.2) is 8.29 Å². The first-order chi connectivity index (χ1) is 13.4. The van der Waals surface area contributed by atoms with Crippen molar-refractivity contribution in [3.63, 3.8) is 0 Å². The molecule has 0 aliphatic heterocycles. The van der Waals surface area contributed by atoms with Gasteiger partial charge in [-0.3, -0.25) is 4.79 Å². The zero-order chi connectivity index (χ0) is 20.3. The van der Waals surface area contributed by atoms with E-state index in [1.54, 1.807) is 35.0 Å². The molecule has 2 aromatic carbocycles. The van der Waals surface area contributed by atoms with Gasteiger partial charge < -0.3 is 5.32 Å². The van der Waals surface area contributed by atoms with E-state index in [4.69, 9.17) is 52.3 Å². The third kappa shape index (κ3) is 5.06. The highest BCUT2D eigenvalue weighted by atomic mass is 35.5. The Morgan fingerprint density at radius 3 is 2.75 bits per heavy atom. The first-order valence-electron chi connectivity index (χ1n) is 7.55. The molecular weight excluding hydrogens is 479 g/mol. The Hall–Kier alpha value is -1.60. The number of benzene rings is 2. The van der Waals surface area contributed by atoms with Crippen LogP contribution in [0.1, 0.15) is 5.56 Å². The average Bonchev–Trinajstić information content (AvgIpc) is 3.03. The fraction of sp³-hybridized carbons (Fsp3) is 0.0588. The van der Waals surface area contributed by atoms with E-state index in [1.807, 2.05) is 6.07 Å². The standard InChI is InChI=1S/C17H9Cl3N4OS3/c18-10-2-1-9(7-21)14(5-10)22-15(25)8-27-16-23-24(17(26)28-16)11-3-4-12(19)13(20)6-11/h1-6H,8H2,(H,22,25). The number of hydrogen-bond acceptors (Lipinski definition) is 6. The molecule has 0 radical (unpaired) electrons. The maximum Gasteiger partial charge on any atom is 0.234 e. The van der Waals surface area contributed by atoms with Crippen LogP contribution in [-0.2, 0) is 4.79 Å². The van der Waals surface area contributed by atoms with Gasteiger partial charge in [-0.15, -0.1) is 5.10 Å². The summed E-state index contributed by atoms with van der Waals surface area (Å²) in [6, 6.07) is 11.8. The highest BCUT2D eigenvalue weighted by Crippen LogP contribution is 2.28. The number of halogens is 3. The summed E-state index contributed by atoms with van der Waals surface area (Å²) in [5.41, 5.74) is 1.39. The predicted octanol–water partition coefficient (Wildman–Crippen LogP) is 6.23. The monoisotopic (exact) mass is 486 g/mol. The summed E-state index contributed by atoms with van der Waals surface area (Å²) < 4.78 is 2.70. The van der Waals surface area contributed by atoms with Gasteiger partial charge in [0.05, 0.1) is 32.7 Å². The molecule has 0 unspecified atom stereocenters. The lowest BCUT2D eigenvalue weighted by atomic mass is 10.2. The smallest absolute Gasteiger partial charge is 0.234 e. The molecule has 0 aliphatic rings. The quantitative estimate of drug-likeness (QED) is 0.341. The molecule has 1 N–H and O–H groups in total. The molecular formula is C17H9Cl3N4OS3. The molecule has 0 aliphatic carbocycles. The molecule has 1 amide bonds. The van der Waals surface area contributed by atoms with E-state index in [0.717, 1.165) is 0 Å². The minimum Gasteiger partial charge on any atom is -0.324 e. The Labute approximate surface area is 188 Å². The fourth-order valence-corrected chi connectivity index (χ4v) is 4.76. The second kappa shape index (κ2) is 9.27. The van der Waals surface area contributed by atoms with E-state index < -0.39 is 0 Å². The highest BCUT2D eigenvalue weighted by Gasteiger charge is 2.12. The van der Waals surface area contributed by atoms with Gasteiger partial charge in [-0.2, -0.15) is 5.26 Å². The molecule has 0 saturated heterocycles. The number of hydrogen-bond donors (Lipinski definition) is 1. The second-order valence-electron chi connectivity index (χ2n) is 5.28. The van der Waals surface area contributed by atoms with Gasteiger partial charge in [0.25, 0.3) is 0 Å². The summed E-state index contributed by atoms with van der Waals surface area (Å²) in [5, 5.41) is 17.5. The molecule has 1 aromatic heterocycles. The number of thioether (sulfide) groups is 1. The Balaban J connectivity index is 1.69. The summed E-state index contributed by atoms with van der Waals surface area (Å²) in [6.45, 7) is 0. The number of rotatable bonds is 5. The van der Waals surface area contributed by atoms with Crippen molar-refractivity contribution in [3.8, 4) is 11.8 Å². The molecule has 28 heavy (non-hydrogen) atoms. The van der Waals surface area contributed by atoms with Gasteiger partial charge in [0.2, 0.25) is 5.91 Å². The van der Waals surface area contributed by atoms with E-state index in [1.165, 1.54) is 29.2 Å². The molecule has 0 spiro atoms. The Kier molecular flexibility index (Phi) is 6.99. The maximum absolute atomic E-state index is 12.2. The van der Waals surface area contributed by atoms with Crippen LogP contribution < -0.4 is 5.32 Å². The molecule has 0 bridgehead atoms. The topological polar surface area (TPSA) is 70.7 Å². The summed E-state index contributed by atoms with van der Waals surface area (Å²) in [6.07, 6.45) is 0. The van der Waals surface area contributed by atoms with Gasteiger partial charge in [-0.25, -0.2) is 4.68 Å². The second-order valence-corrected chi connectivity index (χ2v) is 9.38. The normalized spacial score (nSPS) is 10.5. The number of nitrogens with zero attached hydrogens (tertiary/aromatic N) is 3. The summed E-state index contributed by atoms with van der Waals surface area (Å²) in [7, 11) is 0. The Morgan fingerprint density at radius 2 is 2.04 bits per heavy atom. The van der Waals surface area contributed by atoms with Crippen molar-refractivity contribution in [2.75, 3.05) is 11.1 Å². The largest absolute Gasteiger partial charge is 0.324 e. The minimum absolute atomic E-state index is 0.0983. The number of nitriles is 1. The third-order valence-corrected chi connectivity index (χ3v) is 6.72. The van der Waals surface area contributed by atoms with Crippen LogP contribution in [0.15, 0.2) is 40.7 Å². The highest BCUT2D eigenvalue weighted by molar-refractivity contribution is 8.01. The zero-order valence-electron chi connectivity index (χ0n) is 13.8. The van der Waals surface area contributed by atoms with E-state index in [0.29, 0.717) is 40.3 Å². The Morgan fingerprint density at radius 1 is 1.25 bits per heavy atom. The maximum atomic E-state index is 12.2. The van der Waals surface area contributed by atoms with Crippen molar-refractivity contribution in [2.24, 2.45) is 0 Å². The van der Waals surface area contributed by atoms with Crippen molar-refractivity contribution in [2.45, 2.75) is 4.34 Å². The number of carbonyl (C=O) groups is 1. The first-order valence-corrected chi connectivity index (χ1v) is 10.9. The van der Waals surface area contributed by atoms with Crippen LogP contribution in [0, 0.1) is 15.3 Å². The minimum atomic E-state index is -0.286. The van der Waals surface area contributed by atoms with Crippen molar-refractivity contribution < 1.29 is 4.79 Å². The van der Waals surface area contributed by atoms with Crippen LogP contribution in [-0.4, -0.2) is 21.4 Å². The summed E-state index contributed by atoms with van der Waals surface area (Å²) in [4.78, 5) is 12.2. The van der Waals surface area contributed by atoms with Crippen LogP contribution in [0.3, 0.4) is 0 Å². The molecule has 0 saturated carbocycles. The van der Waals surface area contributed by atoms with Gasteiger partial charge in [-0.05, 0) is 48.6 Å². The molecule has 142 valence electrons.